The van der Waals surface area contributed by atoms with E-state index in [1.165, 1.54) is 10.5 Å². The Balaban J connectivity index is 2.03. The quantitative estimate of drug-likeness (QED) is 0.726. The zero-order valence-electron chi connectivity index (χ0n) is 16.8. The van der Waals surface area contributed by atoms with E-state index < -0.39 is 10.0 Å². The van der Waals surface area contributed by atoms with Gasteiger partial charge in [0.1, 0.15) is 0 Å². The molecule has 1 atom stereocenters. The number of sulfonamides is 1. The number of benzene rings is 2. The van der Waals surface area contributed by atoms with Crippen LogP contribution < -0.4 is 4.90 Å². The van der Waals surface area contributed by atoms with E-state index in [2.05, 4.69) is 5.10 Å². The maximum Gasteiger partial charge on any atom is 0.279 e. The Hall–Kier alpha value is -2.05. The summed E-state index contributed by atoms with van der Waals surface area (Å²) in [4.78, 5) is 2.18. The summed E-state index contributed by atoms with van der Waals surface area (Å²) in [5.41, 5.74) is 2.51. The summed E-state index contributed by atoms with van der Waals surface area (Å²) in [6.07, 6.45) is 0.560. The predicted molar refractivity (Wildman–Crippen MR) is 116 cm³/mol. The van der Waals surface area contributed by atoms with Crippen LogP contribution in [-0.2, 0) is 10.0 Å². The van der Waals surface area contributed by atoms with Gasteiger partial charge in [-0.15, -0.1) is 0 Å². The van der Waals surface area contributed by atoms with Gasteiger partial charge >= 0.3 is 0 Å². The highest BCUT2D eigenvalue weighted by Crippen LogP contribution is 2.37. The van der Waals surface area contributed by atoms with Crippen molar-refractivity contribution in [3.05, 3.63) is 59.1 Å². The van der Waals surface area contributed by atoms with Crippen molar-refractivity contribution in [2.24, 2.45) is 10.5 Å². The molecule has 1 aliphatic heterocycles. The smallest absolute Gasteiger partial charge is 0.279 e. The Morgan fingerprint density at radius 1 is 1.11 bits per heavy atom. The lowest BCUT2D eigenvalue weighted by Crippen LogP contribution is -2.41. The highest BCUT2D eigenvalue weighted by molar-refractivity contribution is 7.89. The van der Waals surface area contributed by atoms with Crippen molar-refractivity contribution in [3.63, 3.8) is 0 Å². The molecule has 0 saturated carbocycles. The Labute approximate surface area is 172 Å². The summed E-state index contributed by atoms with van der Waals surface area (Å²) in [7, 11) is 0.163. The minimum atomic E-state index is -3.80. The zero-order chi connectivity index (χ0) is 20.7. The molecule has 5 nitrogen and oxygen atoms in total. The van der Waals surface area contributed by atoms with Crippen molar-refractivity contribution in [2.75, 3.05) is 19.0 Å². The summed E-state index contributed by atoms with van der Waals surface area (Å²) in [5.74, 6) is 0. The SMILES string of the molecule is CN(C)c1ccc(C2=NN(S(=O)(=O)c3cccc(Cl)c3)[C@@H](C(C)(C)C)C2)cc1. The maximum absolute atomic E-state index is 13.3. The van der Waals surface area contributed by atoms with Gasteiger partial charge in [0.2, 0.25) is 0 Å². The van der Waals surface area contributed by atoms with Gasteiger partial charge in [0.25, 0.3) is 10.0 Å². The second kappa shape index (κ2) is 7.41. The lowest BCUT2D eigenvalue weighted by Gasteiger charge is -2.33. The third-order valence-corrected chi connectivity index (χ3v) is 6.84. The summed E-state index contributed by atoms with van der Waals surface area (Å²) >= 11 is 6.03. The molecule has 0 radical (unpaired) electrons. The third-order valence-electron chi connectivity index (χ3n) is 4.93. The molecule has 3 rings (SSSR count). The first-order valence-corrected chi connectivity index (χ1v) is 11.0. The van der Waals surface area contributed by atoms with E-state index in [0.29, 0.717) is 11.4 Å². The molecule has 28 heavy (non-hydrogen) atoms. The number of hydrogen-bond donors (Lipinski definition) is 0. The van der Waals surface area contributed by atoms with Crippen molar-refractivity contribution >= 4 is 33.0 Å². The molecule has 7 heteroatoms. The highest BCUT2D eigenvalue weighted by atomic mass is 35.5. The standard InChI is InChI=1S/C21H26ClN3O2S/c1-21(2,3)20-14-19(15-9-11-17(12-10-15)24(4)5)23-25(20)28(26,27)18-8-6-7-16(22)13-18/h6-13,20H,14H2,1-5H3/t20-/m1/s1. The average Bonchev–Trinajstić information content (AvgIpc) is 3.08. The van der Waals surface area contributed by atoms with Crippen LogP contribution in [-0.4, -0.2) is 38.7 Å². The van der Waals surface area contributed by atoms with Crippen molar-refractivity contribution in [2.45, 2.75) is 38.1 Å². The van der Waals surface area contributed by atoms with E-state index in [4.69, 9.17) is 11.6 Å². The molecule has 0 bridgehead atoms. The molecule has 0 amide bonds. The van der Waals surface area contributed by atoms with Crippen LogP contribution in [0.3, 0.4) is 0 Å². The van der Waals surface area contributed by atoms with Crippen LogP contribution in [0, 0.1) is 5.41 Å². The molecule has 2 aromatic rings. The van der Waals surface area contributed by atoms with Crippen LogP contribution in [0.15, 0.2) is 58.5 Å². The monoisotopic (exact) mass is 419 g/mol. The molecular weight excluding hydrogens is 394 g/mol. The molecule has 0 aromatic heterocycles. The van der Waals surface area contributed by atoms with E-state index in [9.17, 15) is 8.42 Å². The summed E-state index contributed by atoms with van der Waals surface area (Å²) < 4.78 is 27.9. The largest absolute Gasteiger partial charge is 0.378 e. The van der Waals surface area contributed by atoms with Gasteiger partial charge in [-0.25, -0.2) is 0 Å². The first-order valence-electron chi connectivity index (χ1n) is 9.15. The third kappa shape index (κ3) is 4.03. The fourth-order valence-corrected chi connectivity index (χ4v) is 5.14. The van der Waals surface area contributed by atoms with Crippen molar-refractivity contribution in [1.29, 1.82) is 0 Å². The fraction of sp³-hybridized carbons (Fsp3) is 0.381. The van der Waals surface area contributed by atoms with Crippen LogP contribution >= 0.6 is 11.6 Å². The van der Waals surface area contributed by atoms with Crippen LogP contribution in [0.25, 0.3) is 0 Å². The Morgan fingerprint density at radius 2 is 1.75 bits per heavy atom. The van der Waals surface area contributed by atoms with Gasteiger partial charge in [-0.2, -0.15) is 17.9 Å². The van der Waals surface area contributed by atoms with Crippen LogP contribution in [0.5, 0.6) is 0 Å². The second-order valence-electron chi connectivity index (χ2n) is 8.31. The van der Waals surface area contributed by atoms with E-state index >= 15 is 0 Å². The first-order chi connectivity index (χ1) is 13.0. The molecule has 0 spiro atoms. The summed E-state index contributed by atoms with van der Waals surface area (Å²) in [6, 6.07) is 14.0. The number of rotatable bonds is 4. The van der Waals surface area contributed by atoms with Gasteiger partial charge in [0.15, 0.2) is 0 Å². The molecule has 0 aliphatic carbocycles. The zero-order valence-corrected chi connectivity index (χ0v) is 18.4. The summed E-state index contributed by atoms with van der Waals surface area (Å²) in [6.45, 7) is 6.10. The fourth-order valence-electron chi connectivity index (χ4n) is 3.21. The maximum atomic E-state index is 13.3. The number of anilines is 1. The normalized spacial score (nSPS) is 17.6. The van der Waals surface area contributed by atoms with E-state index in [1.807, 2.05) is 64.0 Å². The van der Waals surface area contributed by atoms with Crippen LogP contribution in [0.4, 0.5) is 5.69 Å². The van der Waals surface area contributed by atoms with E-state index in [0.717, 1.165) is 17.0 Å². The summed E-state index contributed by atoms with van der Waals surface area (Å²) in [5, 5.41) is 4.95. The lowest BCUT2D eigenvalue weighted by molar-refractivity contribution is 0.203. The molecular formula is C21H26ClN3O2S. The molecule has 0 N–H and O–H groups in total. The lowest BCUT2D eigenvalue weighted by atomic mass is 9.84. The van der Waals surface area contributed by atoms with Gasteiger partial charge in [-0.05, 0) is 41.3 Å². The van der Waals surface area contributed by atoms with E-state index in [-0.39, 0.29) is 16.4 Å². The highest BCUT2D eigenvalue weighted by Gasteiger charge is 2.42. The number of hydrazone groups is 1. The predicted octanol–water partition coefficient (Wildman–Crippen LogP) is 4.62. The van der Waals surface area contributed by atoms with Crippen molar-refractivity contribution in [1.82, 2.24) is 4.41 Å². The van der Waals surface area contributed by atoms with Crippen molar-refractivity contribution < 1.29 is 8.42 Å². The van der Waals surface area contributed by atoms with Gasteiger partial charge in [0.05, 0.1) is 16.6 Å². The number of hydrogen-bond acceptors (Lipinski definition) is 4. The molecule has 0 saturated heterocycles. The number of halogens is 1. The number of nitrogens with zero attached hydrogens (tertiary/aromatic N) is 3. The van der Waals surface area contributed by atoms with Crippen LogP contribution in [0.1, 0.15) is 32.8 Å². The topological polar surface area (TPSA) is 53.0 Å². The van der Waals surface area contributed by atoms with Crippen molar-refractivity contribution in [3.8, 4) is 0 Å². The van der Waals surface area contributed by atoms with E-state index in [1.54, 1.807) is 18.2 Å². The second-order valence-corrected chi connectivity index (χ2v) is 10.5. The van der Waals surface area contributed by atoms with Gasteiger partial charge in [0, 0.05) is 31.2 Å². The molecule has 150 valence electrons. The minimum Gasteiger partial charge on any atom is -0.378 e. The molecule has 0 fully saturated rings. The molecule has 1 heterocycles. The molecule has 1 aliphatic rings. The van der Waals surface area contributed by atoms with Gasteiger partial charge in [-0.3, -0.25) is 0 Å². The van der Waals surface area contributed by atoms with Gasteiger partial charge in [-0.1, -0.05) is 50.6 Å². The Morgan fingerprint density at radius 3 is 2.29 bits per heavy atom. The van der Waals surface area contributed by atoms with Crippen LogP contribution in [0.2, 0.25) is 5.02 Å². The average molecular weight is 420 g/mol. The molecule has 0 unspecified atom stereocenters. The minimum absolute atomic E-state index is 0.155. The first kappa shape index (κ1) is 20.7. The molecule has 2 aromatic carbocycles. The van der Waals surface area contributed by atoms with Gasteiger partial charge < -0.3 is 4.90 Å². The Bertz CT molecular complexity index is 993. The Kier molecular flexibility index (Phi) is 5.47.